The zero-order valence-corrected chi connectivity index (χ0v) is 12.3. The first-order valence-electron chi connectivity index (χ1n) is 7.18. The minimum atomic E-state index is -0.423. The summed E-state index contributed by atoms with van der Waals surface area (Å²) >= 11 is 0. The Labute approximate surface area is 135 Å². The van der Waals surface area contributed by atoms with Crippen molar-refractivity contribution in [3.63, 3.8) is 0 Å². The third kappa shape index (κ3) is 2.56. The molecule has 4 rings (SSSR count). The number of fused-ring (bicyclic) bond motifs is 1. The van der Waals surface area contributed by atoms with Crippen LogP contribution >= 0.6 is 0 Å². The molecule has 24 heavy (non-hydrogen) atoms. The summed E-state index contributed by atoms with van der Waals surface area (Å²) in [5.41, 5.74) is 2.29. The minimum Gasteiger partial charge on any atom is -0.328 e. The first-order chi connectivity index (χ1) is 11.7. The molecule has 0 fully saturated rings. The summed E-state index contributed by atoms with van der Waals surface area (Å²) in [6, 6.07) is 9.22. The number of hydrogen-bond donors (Lipinski definition) is 2. The van der Waals surface area contributed by atoms with Crippen LogP contribution in [-0.2, 0) is 0 Å². The topological polar surface area (TPSA) is 70.2 Å². The van der Waals surface area contributed by atoms with Gasteiger partial charge in [0.15, 0.2) is 5.82 Å². The van der Waals surface area contributed by atoms with Crippen molar-refractivity contribution < 1.29 is 8.78 Å². The van der Waals surface area contributed by atoms with Crippen molar-refractivity contribution >= 4 is 23.1 Å². The molecule has 0 aliphatic heterocycles. The van der Waals surface area contributed by atoms with Crippen molar-refractivity contribution in [2.75, 3.05) is 0 Å². The summed E-state index contributed by atoms with van der Waals surface area (Å²) in [5.74, 6) is -0.241. The molecule has 0 atom stereocenters. The lowest BCUT2D eigenvalue weighted by Gasteiger charge is -1.99. The van der Waals surface area contributed by atoms with Gasteiger partial charge in [-0.25, -0.2) is 8.78 Å². The van der Waals surface area contributed by atoms with Gasteiger partial charge in [-0.3, -0.25) is 5.10 Å². The summed E-state index contributed by atoms with van der Waals surface area (Å²) in [7, 11) is 0. The number of aromatic nitrogens is 5. The van der Waals surface area contributed by atoms with Crippen LogP contribution < -0.4 is 0 Å². The van der Waals surface area contributed by atoms with Crippen LogP contribution in [0.15, 0.2) is 42.7 Å². The molecule has 0 aliphatic carbocycles. The zero-order chi connectivity index (χ0) is 16.5. The number of aromatic amines is 2. The molecule has 0 saturated carbocycles. The summed E-state index contributed by atoms with van der Waals surface area (Å²) in [4.78, 5) is 2.85. The largest absolute Gasteiger partial charge is 0.328 e. The van der Waals surface area contributed by atoms with Crippen LogP contribution in [0.25, 0.3) is 34.4 Å². The van der Waals surface area contributed by atoms with Crippen LogP contribution in [0.1, 0.15) is 11.3 Å². The SMILES string of the molecule is Fc1ccc(/C=C/c2n[nH]c3c(F)cc(-c4nnc[nH]4)cc23)cc1. The molecule has 2 N–H and O–H groups in total. The summed E-state index contributed by atoms with van der Waals surface area (Å²) < 4.78 is 27.2. The van der Waals surface area contributed by atoms with Gasteiger partial charge in [0.2, 0.25) is 0 Å². The van der Waals surface area contributed by atoms with Crippen LogP contribution in [0.4, 0.5) is 8.78 Å². The number of nitrogens with zero attached hydrogens (tertiary/aromatic N) is 3. The van der Waals surface area contributed by atoms with E-state index >= 15 is 0 Å². The van der Waals surface area contributed by atoms with Crippen molar-refractivity contribution in [3.8, 4) is 11.4 Å². The molecule has 2 aromatic carbocycles. The van der Waals surface area contributed by atoms with E-state index in [1.165, 1.54) is 24.5 Å². The Morgan fingerprint density at radius 1 is 1.00 bits per heavy atom. The predicted molar refractivity (Wildman–Crippen MR) is 86.8 cm³/mol. The zero-order valence-electron chi connectivity index (χ0n) is 12.3. The van der Waals surface area contributed by atoms with Gasteiger partial charge in [-0.05, 0) is 35.9 Å². The maximum absolute atomic E-state index is 14.3. The van der Waals surface area contributed by atoms with Crippen LogP contribution in [0.2, 0.25) is 0 Å². The van der Waals surface area contributed by atoms with Crippen molar-refractivity contribution in [2.24, 2.45) is 0 Å². The lowest BCUT2D eigenvalue weighted by molar-refractivity contribution is 0.627. The standard InChI is InChI=1S/C17H11F2N5/c18-12-4-1-10(2-5-12)3-6-15-13-7-11(17-20-9-21-24-17)8-14(19)16(13)23-22-15/h1-9H,(H,22,23)(H,20,21,24)/b6-3+. The number of nitrogens with one attached hydrogen (secondary N) is 2. The summed E-state index contributed by atoms with van der Waals surface area (Å²) in [6.45, 7) is 0. The molecule has 118 valence electrons. The second-order valence-corrected chi connectivity index (χ2v) is 5.21. The van der Waals surface area contributed by atoms with Gasteiger partial charge in [-0.1, -0.05) is 18.2 Å². The highest BCUT2D eigenvalue weighted by molar-refractivity contribution is 5.92. The first kappa shape index (κ1) is 14.3. The molecule has 2 aromatic heterocycles. The van der Waals surface area contributed by atoms with Gasteiger partial charge < -0.3 is 4.98 Å². The van der Waals surface area contributed by atoms with E-state index in [1.807, 2.05) is 0 Å². The molecule has 0 amide bonds. The first-order valence-corrected chi connectivity index (χ1v) is 7.18. The molecule has 7 heteroatoms. The quantitative estimate of drug-likeness (QED) is 0.602. The van der Waals surface area contributed by atoms with E-state index in [4.69, 9.17) is 0 Å². The van der Waals surface area contributed by atoms with Crippen molar-refractivity contribution in [2.45, 2.75) is 0 Å². The molecule has 5 nitrogen and oxygen atoms in total. The van der Waals surface area contributed by atoms with E-state index in [0.29, 0.717) is 28.0 Å². The predicted octanol–water partition coefficient (Wildman–Crippen LogP) is 3.80. The maximum Gasteiger partial charge on any atom is 0.161 e. The van der Waals surface area contributed by atoms with E-state index < -0.39 is 5.82 Å². The van der Waals surface area contributed by atoms with Crippen LogP contribution in [-0.4, -0.2) is 25.4 Å². The van der Waals surface area contributed by atoms with E-state index in [2.05, 4.69) is 25.4 Å². The lowest BCUT2D eigenvalue weighted by Crippen LogP contribution is -1.85. The molecule has 2 heterocycles. The van der Waals surface area contributed by atoms with Gasteiger partial charge in [-0.15, -0.1) is 10.2 Å². The smallest absolute Gasteiger partial charge is 0.161 e. The van der Waals surface area contributed by atoms with Crippen LogP contribution in [0.3, 0.4) is 0 Å². The monoisotopic (exact) mass is 323 g/mol. The third-order valence-corrected chi connectivity index (χ3v) is 3.65. The third-order valence-electron chi connectivity index (χ3n) is 3.65. The fourth-order valence-electron chi connectivity index (χ4n) is 2.46. The average Bonchev–Trinajstić information content (AvgIpc) is 3.24. The minimum absolute atomic E-state index is 0.295. The molecule has 0 bridgehead atoms. The Morgan fingerprint density at radius 3 is 2.58 bits per heavy atom. The summed E-state index contributed by atoms with van der Waals surface area (Å²) in [5, 5.41) is 15.1. The fourth-order valence-corrected chi connectivity index (χ4v) is 2.46. The Bertz CT molecular complexity index is 1020. The highest BCUT2D eigenvalue weighted by Crippen LogP contribution is 2.26. The number of benzene rings is 2. The van der Waals surface area contributed by atoms with Crippen LogP contribution in [0, 0.1) is 11.6 Å². The molecule has 0 radical (unpaired) electrons. The molecule has 0 unspecified atom stereocenters. The molecule has 0 saturated heterocycles. The maximum atomic E-state index is 14.3. The highest BCUT2D eigenvalue weighted by Gasteiger charge is 2.12. The second kappa shape index (κ2) is 5.69. The molecular formula is C17H11F2N5. The summed E-state index contributed by atoms with van der Waals surface area (Å²) in [6.07, 6.45) is 4.96. The number of hydrogen-bond acceptors (Lipinski definition) is 3. The van der Waals surface area contributed by atoms with Gasteiger partial charge in [0, 0.05) is 10.9 Å². The Balaban J connectivity index is 1.77. The molecule has 0 spiro atoms. The fraction of sp³-hybridized carbons (Fsp3) is 0. The van der Waals surface area contributed by atoms with E-state index in [9.17, 15) is 8.78 Å². The van der Waals surface area contributed by atoms with Gasteiger partial charge >= 0.3 is 0 Å². The molecule has 4 aromatic rings. The van der Waals surface area contributed by atoms with E-state index in [1.54, 1.807) is 30.4 Å². The molecule has 0 aliphatic rings. The van der Waals surface area contributed by atoms with E-state index in [0.717, 1.165) is 5.56 Å². The number of halogens is 2. The van der Waals surface area contributed by atoms with Crippen LogP contribution in [0.5, 0.6) is 0 Å². The van der Waals surface area contributed by atoms with E-state index in [-0.39, 0.29) is 5.82 Å². The normalized spacial score (nSPS) is 11.6. The highest BCUT2D eigenvalue weighted by atomic mass is 19.1. The Hall–Kier alpha value is -3.35. The Kier molecular flexibility index (Phi) is 3.38. The average molecular weight is 323 g/mol. The second-order valence-electron chi connectivity index (χ2n) is 5.21. The molecular weight excluding hydrogens is 312 g/mol. The number of rotatable bonds is 3. The van der Waals surface area contributed by atoms with Crippen molar-refractivity contribution in [1.29, 1.82) is 0 Å². The van der Waals surface area contributed by atoms with Gasteiger partial charge in [0.25, 0.3) is 0 Å². The van der Waals surface area contributed by atoms with Gasteiger partial charge in [0.05, 0.1) is 5.69 Å². The van der Waals surface area contributed by atoms with Gasteiger partial charge in [-0.2, -0.15) is 5.10 Å². The number of H-pyrrole nitrogens is 2. The van der Waals surface area contributed by atoms with Crippen molar-refractivity contribution in [3.05, 3.63) is 65.6 Å². The van der Waals surface area contributed by atoms with Crippen molar-refractivity contribution in [1.82, 2.24) is 25.4 Å². The Morgan fingerprint density at radius 2 is 1.83 bits per heavy atom. The van der Waals surface area contributed by atoms with Gasteiger partial charge in [0.1, 0.15) is 23.5 Å². The lowest BCUT2D eigenvalue weighted by atomic mass is 10.1.